The van der Waals surface area contributed by atoms with Crippen LogP contribution in [0.25, 0.3) is 0 Å². The van der Waals surface area contributed by atoms with Crippen molar-refractivity contribution in [2.45, 2.75) is 6.61 Å². The lowest BCUT2D eigenvalue weighted by Crippen LogP contribution is -2.31. The molecule has 0 aliphatic carbocycles. The molecule has 0 fully saturated rings. The molecule has 2 N–H and O–H groups in total. The monoisotopic (exact) mass is 384 g/mol. The molecule has 3 nitrogen and oxygen atoms in total. The van der Waals surface area contributed by atoms with E-state index in [1.165, 1.54) is 0 Å². The fourth-order valence-electron chi connectivity index (χ4n) is 1.66. The summed E-state index contributed by atoms with van der Waals surface area (Å²) in [4.78, 5) is 0. The molecule has 0 atom stereocenters. The number of ether oxygens (including phenoxy) is 1. The van der Waals surface area contributed by atoms with Crippen LogP contribution in [0.1, 0.15) is 5.56 Å². The van der Waals surface area contributed by atoms with Crippen molar-refractivity contribution in [1.29, 1.82) is 0 Å². The third-order valence-electron chi connectivity index (χ3n) is 2.55. The van der Waals surface area contributed by atoms with Gasteiger partial charge in [-0.3, -0.25) is 0 Å². The van der Waals surface area contributed by atoms with Gasteiger partial charge in [0.15, 0.2) is 0 Å². The van der Waals surface area contributed by atoms with E-state index >= 15 is 0 Å². The van der Waals surface area contributed by atoms with E-state index in [0.29, 0.717) is 22.3 Å². The highest BCUT2D eigenvalue weighted by molar-refractivity contribution is 9.10. The number of hydrogen-bond acceptors (Lipinski definition) is 3. The summed E-state index contributed by atoms with van der Waals surface area (Å²) < 4.78 is 7.35. The summed E-state index contributed by atoms with van der Waals surface area (Å²) in [6, 6.07) is 12.9. The molecule has 2 aromatic carbocycles. The van der Waals surface area contributed by atoms with E-state index in [1.54, 1.807) is 18.2 Å². The van der Waals surface area contributed by atoms with Crippen LogP contribution in [0.5, 0.6) is 5.75 Å². The maximum Gasteiger partial charge on any atom is 0.492 e. The molecule has 0 saturated carbocycles. The molecule has 2 aromatic rings. The first kappa shape index (κ1) is 14.6. The molecule has 0 spiro atoms. The van der Waals surface area contributed by atoms with E-state index in [4.69, 9.17) is 4.74 Å². The van der Waals surface area contributed by atoms with Crippen LogP contribution in [0.4, 0.5) is 0 Å². The first-order valence-electron chi connectivity index (χ1n) is 5.59. The van der Waals surface area contributed by atoms with Crippen LogP contribution >= 0.6 is 31.9 Å². The summed E-state index contributed by atoms with van der Waals surface area (Å²) in [5, 5.41) is 18.6. The van der Waals surface area contributed by atoms with Crippen LogP contribution in [0, 0.1) is 0 Å². The molecule has 19 heavy (non-hydrogen) atoms. The molecule has 0 heterocycles. The standard InChI is InChI=1S/C13H11BBr2O3/c15-10-4-1-3-9(7-10)8-19-13-11(14(17)18)5-2-6-12(13)16/h1-7,17-18H,8H2. The Morgan fingerprint density at radius 2 is 1.79 bits per heavy atom. The number of benzene rings is 2. The molecule has 0 aliphatic heterocycles. The molecule has 0 aromatic heterocycles. The average Bonchev–Trinajstić information content (AvgIpc) is 2.37. The van der Waals surface area contributed by atoms with Gasteiger partial charge in [0.25, 0.3) is 0 Å². The fourth-order valence-corrected chi connectivity index (χ4v) is 2.61. The first-order valence-corrected chi connectivity index (χ1v) is 7.18. The topological polar surface area (TPSA) is 49.7 Å². The smallest absolute Gasteiger partial charge is 0.488 e. The van der Waals surface area contributed by atoms with Crippen LogP contribution in [0.15, 0.2) is 51.4 Å². The van der Waals surface area contributed by atoms with Gasteiger partial charge in [0.2, 0.25) is 0 Å². The van der Waals surface area contributed by atoms with Gasteiger partial charge < -0.3 is 14.8 Å². The number of para-hydroxylation sites is 1. The van der Waals surface area contributed by atoms with Crippen molar-refractivity contribution in [3.05, 3.63) is 57.0 Å². The fraction of sp³-hybridized carbons (Fsp3) is 0.0769. The summed E-state index contributed by atoms with van der Waals surface area (Å²) in [6.07, 6.45) is 0. The molecule has 0 saturated heterocycles. The predicted molar refractivity (Wildman–Crippen MR) is 82.4 cm³/mol. The van der Waals surface area contributed by atoms with Crippen LogP contribution in [0.2, 0.25) is 0 Å². The Kier molecular flexibility index (Phi) is 5.04. The van der Waals surface area contributed by atoms with Crippen molar-refractivity contribution in [3.63, 3.8) is 0 Å². The summed E-state index contributed by atoms with van der Waals surface area (Å²) in [5.41, 5.74) is 1.33. The van der Waals surface area contributed by atoms with Gasteiger partial charge in [-0.05, 0) is 39.7 Å². The van der Waals surface area contributed by atoms with Gasteiger partial charge in [0, 0.05) is 9.94 Å². The Labute approximate surface area is 128 Å². The molecule has 0 unspecified atom stereocenters. The van der Waals surface area contributed by atoms with Crippen molar-refractivity contribution < 1.29 is 14.8 Å². The third kappa shape index (κ3) is 3.83. The molecule has 6 heteroatoms. The minimum atomic E-state index is -1.56. The second-order valence-corrected chi connectivity index (χ2v) is 5.72. The van der Waals surface area contributed by atoms with E-state index in [1.807, 2.05) is 24.3 Å². The van der Waals surface area contributed by atoms with Crippen molar-refractivity contribution in [3.8, 4) is 5.75 Å². The van der Waals surface area contributed by atoms with Crippen LogP contribution < -0.4 is 10.2 Å². The molecule has 98 valence electrons. The summed E-state index contributed by atoms with van der Waals surface area (Å²) in [7, 11) is -1.56. The lowest BCUT2D eigenvalue weighted by molar-refractivity contribution is 0.304. The van der Waals surface area contributed by atoms with Gasteiger partial charge in [0.05, 0.1) is 4.47 Å². The average molecular weight is 386 g/mol. The molecular formula is C13H11BBr2O3. The normalized spacial score (nSPS) is 10.3. The van der Waals surface area contributed by atoms with E-state index in [-0.39, 0.29) is 0 Å². The van der Waals surface area contributed by atoms with Gasteiger partial charge in [-0.25, -0.2) is 0 Å². The number of hydrogen-bond donors (Lipinski definition) is 2. The van der Waals surface area contributed by atoms with Gasteiger partial charge >= 0.3 is 7.12 Å². The van der Waals surface area contributed by atoms with Crippen LogP contribution in [-0.2, 0) is 6.61 Å². The van der Waals surface area contributed by atoms with Gasteiger partial charge in [-0.2, -0.15) is 0 Å². The molecule has 0 radical (unpaired) electrons. The summed E-state index contributed by atoms with van der Waals surface area (Å²) in [6.45, 7) is 0.349. The number of rotatable bonds is 4. The molecule has 0 bridgehead atoms. The molecule has 2 rings (SSSR count). The lowest BCUT2D eigenvalue weighted by Gasteiger charge is -2.13. The molecule has 0 amide bonds. The molecular weight excluding hydrogens is 375 g/mol. The molecule has 0 aliphatic rings. The highest BCUT2D eigenvalue weighted by Crippen LogP contribution is 2.24. The van der Waals surface area contributed by atoms with Crippen molar-refractivity contribution in [1.82, 2.24) is 0 Å². The Balaban J connectivity index is 2.19. The quantitative estimate of drug-likeness (QED) is 0.795. The zero-order valence-corrected chi connectivity index (χ0v) is 13.1. The maximum atomic E-state index is 9.32. The van der Waals surface area contributed by atoms with Gasteiger partial charge in [0.1, 0.15) is 12.4 Å². The van der Waals surface area contributed by atoms with E-state index < -0.39 is 7.12 Å². The summed E-state index contributed by atoms with van der Waals surface area (Å²) >= 11 is 6.74. The zero-order valence-electron chi connectivity index (χ0n) is 9.88. The second kappa shape index (κ2) is 6.57. The minimum Gasteiger partial charge on any atom is -0.488 e. The van der Waals surface area contributed by atoms with Crippen molar-refractivity contribution in [2.24, 2.45) is 0 Å². The Hall–Kier alpha value is -0.815. The van der Waals surface area contributed by atoms with Gasteiger partial charge in [-0.1, -0.05) is 40.2 Å². The van der Waals surface area contributed by atoms with Crippen molar-refractivity contribution in [2.75, 3.05) is 0 Å². The predicted octanol–water partition coefficient (Wildman–Crippen LogP) is 2.47. The second-order valence-electron chi connectivity index (χ2n) is 3.95. The van der Waals surface area contributed by atoms with E-state index in [0.717, 1.165) is 10.0 Å². The number of halogens is 2. The lowest BCUT2D eigenvalue weighted by atomic mass is 9.79. The summed E-state index contributed by atoms with van der Waals surface area (Å²) in [5.74, 6) is 0.442. The zero-order chi connectivity index (χ0) is 13.8. The van der Waals surface area contributed by atoms with Crippen LogP contribution in [-0.4, -0.2) is 17.2 Å². The minimum absolute atomic E-state index is 0.337. The van der Waals surface area contributed by atoms with Gasteiger partial charge in [-0.15, -0.1) is 0 Å². The third-order valence-corrected chi connectivity index (χ3v) is 3.67. The highest BCUT2D eigenvalue weighted by atomic mass is 79.9. The maximum absolute atomic E-state index is 9.32. The SMILES string of the molecule is OB(O)c1cccc(Br)c1OCc1cccc(Br)c1. The highest BCUT2D eigenvalue weighted by Gasteiger charge is 2.19. The van der Waals surface area contributed by atoms with Crippen molar-refractivity contribution >= 4 is 44.4 Å². The Bertz CT molecular complexity index is 576. The largest absolute Gasteiger partial charge is 0.492 e. The first-order chi connectivity index (χ1) is 9.08. The van der Waals surface area contributed by atoms with Crippen LogP contribution in [0.3, 0.4) is 0 Å². The van der Waals surface area contributed by atoms with E-state index in [2.05, 4.69) is 31.9 Å². The Morgan fingerprint density at radius 3 is 2.47 bits per heavy atom. The van der Waals surface area contributed by atoms with E-state index in [9.17, 15) is 10.0 Å². The Morgan fingerprint density at radius 1 is 1.05 bits per heavy atom.